The van der Waals surface area contributed by atoms with Gasteiger partial charge in [-0.1, -0.05) is 19.1 Å². The second-order valence-electron chi connectivity index (χ2n) is 4.80. The van der Waals surface area contributed by atoms with E-state index >= 15 is 0 Å². The first-order chi connectivity index (χ1) is 8.76. The lowest BCUT2D eigenvalue weighted by molar-refractivity contribution is -0.135. The van der Waals surface area contributed by atoms with Crippen LogP contribution in [-0.4, -0.2) is 31.0 Å². The van der Waals surface area contributed by atoms with Crippen LogP contribution in [0.25, 0.3) is 0 Å². The third-order valence-electron chi connectivity index (χ3n) is 3.52. The number of methoxy groups -OCH3 is 1. The van der Waals surface area contributed by atoms with E-state index in [1.807, 2.05) is 29.2 Å². The zero-order valence-electron chi connectivity index (χ0n) is 11.2. The highest BCUT2D eigenvalue weighted by Gasteiger charge is 2.29. The van der Waals surface area contributed by atoms with Gasteiger partial charge in [0, 0.05) is 13.1 Å². The Bertz CT molecular complexity index is 415. The zero-order chi connectivity index (χ0) is 13.0. The lowest BCUT2D eigenvalue weighted by Crippen LogP contribution is -2.40. The third-order valence-corrected chi connectivity index (χ3v) is 3.52. The predicted molar refractivity (Wildman–Crippen MR) is 71.8 cm³/mol. The molecule has 98 valence electrons. The maximum absolute atomic E-state index is 12.4. The van der Waals surface area contributed by atoms with Gasteiger partial charge in [0.2, 0.25) is 5.91 Å². The topological polar surface area (TPSA) is 29.5 Å². The van der Waals surface area contributed by atoms with Gasteiger partial charge in [-0.05, 0) is 37.0 Å². The van der Waals surface area contributed by atoms with Gasteiger partial charge in [0.05, 0.1) is 13.0 Å². The number of hydrogen-bond donors (Lipinski definition) is 0. The summed E-state index contributed by atoms with van der Waals surface area (Å²) in [7, 11) is 1.66. The van der Waals surface area contributed by atoms with Crippen molar-refractivity contribution in [2.75, 3.05) is 20.2 Å². The van der Waals surface area contributed by atoms with Gasteiger partial charge in [-0.3, -0.25) is 4.79 Å². The van der Waals surface area contributed by atoms with E-state index in [0.717, 1.165) is 43.7 Å². The van der Waals surface area contributed by atoms with Crippen LogP contribution in [0.3, 0.4) is 0 Å². The third kappa shape index (κ3) is 2.66. The quantitative estimate of drug-likeness (QED) is 0.818. The molecule has 0 saturated carbocycles. The van der Waals surface area contributed by atoms with Gasteiger partial charge in [-0.15, -0.1) is 0 Å². The van der Waals surface area contributed by atoms with Crippen molar-refractivity contribution in [2.24, 2.45) is 0 Å². The van der Waals surface area contributed by atoms with Crippen molar-refractivity contribution < 1.29 is 9.53 Å². The van der Waals surface area contributed by atoms with Crippen LogP contribution in [0.15, 0.2) is 24.3 Å². The molecular weight excluding hydrogens is 226 g/mol. The Balaban J connectivity index is 2.18. The highest BCUT2D eigenvalue weighted by molar-refractivity contribution is 5.84. The molecule has 0 radical (unpaired) electrons. The summed E-state index contributed by atoms with van der Waals surface area (Å²) in [6.07, 6.45) is 3.07. The Morgan fingerprint density at radius 1 is 1.44 bits per heavy atom. The number of ether oxygens (including phenoxy) is 1. The first kappa shape index (κ1) is 12.9. The van der Waals surface area contributed by atoms with Crippen molar-refractivity contribution in [2.45, 2.75) is 32.1 Å². The van der Waals surface area contributed by atoms with Crippen LogP contribution in [0.1, 0.15) is 37.7 Å². The lowest BCUT2D eigenvalue weighted by Gasteiger charge is -2.32. The average molecular weight is 247 g/mol. The van der Waals surface area contributed by atoms with Gasteiger partial charge >= 0.3 is 0 Å². The fraction of sp³-hybridized carbons (Fsp3) is 0.533. The number of benzene rings is 1. The zero-order valence-corrected chi connectivity index (χ0v) is 11.2. The molecule has 2 rings (SSSR count). The molecule has 0 bridgehead atoms. The molecular formula is C15H21NO2. The van der Waals surface area contributed by atoms with Crippen molar-refractivity contribution in [3.05, 3.63) is 29.8 Å². The largest absolute Gasteiger partial charge is 0.497 e. The van der Waals surface area contributed by atoms with Crippen LogP contribution in [0.5, 0.6) is 5.75 Å². The molecule has 1 aromatic carbocycles. The van der Waals surface area contributed by atoms with E-state index in [-0.39, 0.29) is 11.8 Å². The Labute approximate surface area is 109 Å². The molecule has 1 fully saturated rings. The molecule has 1 saturated heterocycles. The molecule has 0 aliphatic carbocycles. The first-order valence-corrected chi connectivity index (χ1v) is 6.69. The fourth-order valence-electron chi connectivity index (χ4n) is 2.60. The molecule has 0 N–H and O–H groups in total. The lowest BCUT2D eigenvalue weighted by atomic mass is 9.89. The molecule has 1 aliphatic rings. The van der Waals surface area contributed by atoms with Crippen molar-refractivity contribution in [1.82, 2.24) is 4.90 Å². The highest BCUT2D eigenvalue weighted by Crippen LogP contribution is 2.30. The van der Waals surface area contributed by atoms with Gasteiger partial charge in [-0.25, -0.2) is 0 Å². The summed E-state index contributed by atoms with van der Waals surface area (Å²) < 4.78 is 5.23. The SMILES string of the molecule is CCCN1CCCC(c2cccc(OC)c2)C1=O. The number of carbonyl (C=O) groups excluding carboxylic acids is 1. The van der Waals surface area contributed by atoms with E-state index < -0.39 is 0 Å². The molecule has 1 heterocycles. The van der Waals surface area contributed by atoms with Gasteiger partial charge in [0.15, 0.2) is 0 Å². The van der Waals surface area contributed by atoms with Crippen molar-refractivity contribution >= 4 is 5.91 Å². The number of rotatable bonds is 4. The molecule has 0 spiro atoms. The van der Waals surface area contributed by atoms with Gasteiger partial charge < -0.3 is 9.64 Å². The average Bonchev–Trinajstić information content (AvgIpc) is 2.41. The number of piperidine rings is 1. The number of nitrogens with zero attached hydrogens (tertiary/aromatic N) is 1. The Morgan fingerprint density at radius 3 is 3.00 bits per heavy atom. The smallest absolute Gasteiger partial charge is 0.230 e. The van der Waals surface area contributed by atoms with Gasteiger partial charge in [0.25, 0.3) is 0 Å². The van der Waals surface area contributed by atoms with Crippen LogP contribution in [0.2, 0.25) is 0 Å². The van der Waals surface area contributed by atoms with Crippen LogP contribution < -0.4 is 4.74 Å². The summed E-state index contributed by atoms with van der Waals surface area (Å²) >= 11 is 0. The van der Waals surface area contributed by atoms with E-state index in [4.69, 9.17) is 4.74 Å². The van der Waals surface area contributed by atoms with Gasteiger partial charge in [0.1, 0.15) is 5.75 Å². The Hall–Kier alpha value is -1.51. The highest BCUT2D eigenvalue weighted by atomic mass is 16.5. The summed E-state index contributed by atoms with van der Waals surface area (Å²) in [4.78, 5) is 14.4. The van der Waals surface area contributed by atoms with E-state index in [1.165, 1.54) is 0 Å². The summed E-state index contributed by atoms with van der Waals surface area (Å²) in [6.45, 7) is 3.90. The summed E-state index contributed by atoms with van der Waals surface area (Å²) in [5.74, 6) is 1.12. The normalized spacial score (nSPS) is 20.0. The molecule has 18 heavy (non-hydrogen) atoms. The van der Waals surface area contributed by atoms with Crippen molar-refractivity contribution in [3.63, 3.8) is 0 Å². The van der Waals surface area contributed by atoms with Crippen molar-refractivity contribution in [3.8, 4) is 5.75 Å². The second-order valence-corrected chi connectivity index (χ2v) is 4.80. The predicted octanol–water partition coefficient (Wildman–Crippen LogP) is 2.81. The second kappa shape index (κ2) is 5.89. The van der Waals surface area contributed by atoms with E-state index in [2.05, 4.69) is 6.92 Å². The van der Waals surface area contributed by atoms with E-state index in [0.29, 0.717) is 0 Å². The summed E-state index contributed by atoms with van der Waals surface area (Å²) in [5.41, 5.74) is 1.08. The number of carbonyl (C=O) groups is 1. The number of amides is 1. The molecule has 3 heteroatoms. The maximum atomic E-state index is 12.4. The number of hydrogen-bond acceptors (Lipinski definition) is 2. The maximum Gasteiger partial charge on any atom is 0.230 e. The van der Waals surface area contributed by atoms with Crippen LogP contribution in [0.4, 0.5) is 0 Å². The van der Waals surface area contributed by atoms with Crippen LogP contribution in [0, 0.1) is 0 Å². The Morgan fingerprint density at radius 2 is 2.28 bits per heavy atom. The summed E-state index contributed by atoms with van der Waals surface area (Å²) in [6, 6.07) is 7.89. The minimum atomic E-state index is 0.0143. The first-order valence-electron chi connectivity index (χ1n) is 6.69. The van der Waals surface area contributed by atoms with Crippen LogP contribution in [-0.2, 0) is 4.79 Å². The van der Waals surface area contributed by atoms with E-state index in [1.54, 1.807) is 7.11 Å². The van der Waals surface area contributed by atoms with E-state index in [9.17, 15) is 4.79 Å². The van der Waals surface area contributed by atoms with Crippen LogP contribution >= 0.6 is 0 Å². The number of likely N-dealkylation sites (tertiary alicyclic amines) is 1. The molecule has 1 amide bonds. The molecule has 1 aliphatic heterocycles. The minimum Gasteiger partial charge on any atom is -0.497 e. The molecule has 1 atom stereocenters. The fourth-order valence-corrected chi connectivity index (χ4v) is 2.60. The molecule has 0 aromatic heterocycles. The van der Waals surface area contributed by atoms with Gasteiger partial charge in [-0.2, -0.15) is 0 Å². The minimum absolute atomic E-state index is 0.0143. The molecule has 3 nitrogen and oxygen atoms in total. The molecule has 1 aromatic rings. The van der Waals surface area contributed by atoms with Crippen molar-refractivity contribution in [1.29, 1.82) is 0 Å². The monoisotopic (exact) mass is 247 g/mol. The summed E-state index contributed by atoms with van der Waals surface area (Å²) in [5, 5.41) is 0. The Kier molecular flexibility index (Phi) is 4.24. The standard InChI is InChI=1S/C15H21NO2/c1-3-9-16-10-5-8-14(15(16)17)12-6-4-7-13(11-12)18-2/h4,6-7,11,14H,3,5,8-10H2,1-2H3. The molecule has 1 unspecified atom stereocenters.